The van der Waals surface area contributed by atoms with Gasteiger partial charge in [0, 0.05) is 25.0 Å². The summed E-state index contributed by atoms with van der Waals surface area (Å²) >= 11 is 0. The van der Waals surface area contributed by atoms with Crippen molar-refractivity contribution in [3.05, 3.63) is 48.2 Å². The van der Waals surface area contributed by atoms with Gasteiger partial charge >= 0.3 is 0 Å². The first-order valence-corrected chi connectivity index (χ1v) is 7.92. The predicted molar refractivity (Wildman–Crippen MR) is 94.3 cm³/mol. The van der Waals surface area contributed by atoms with E-state index in [0.29, 0.717) is 23.6 Å². The number of hydrogen-bond acceptors (Lipinski definition) is 6. The molecule has 0 aliphatic carbocycles. The van der Waals surface area contributed by atoms with E-state index < -0.39 is 0 Å². The lowest BCUT2D eigenvalue weighted by atomic mass is 10.1. The molecule has 128 valence electrons. The van der Waals surface area contributed by atoms with Crippen LogP contribution in [0.5, 0.6) is 0 Å². The van der Waals surface area contributed by atoms with Crippen LogP contribution in [-0.2, 0) is 0 Å². The van der Waals surface area contributed by atoms with Crippen LogP contribution in [0.1, 0.15) is 39.5 Å². The summed E-state index contributed by atoms with van der Waals surface area (Å²) in [5.41, 5.74) is 1.65. The van der Waals surface area contributed by atoms with Gasteiger partial charge in [-0.3, -0.25) is 0 Å². The first-order valence-electron chi connectivity index (χ1n) is 7.92. The molecule has 0 amide bonds. The molecular formula is C18H24N4O2. The van der Waals surface area contributed by atoms with Crippen LogP contribution in [0.3, 0.4) is 0 Å². The SMILES string of the molecule is C/C=C\C.CC.Cc1nnc(-c2cccc(-c3nnc(C)o3)c2)o1. The fourth-order valence-electron chi connectivity index (χ4n) is 1.61. The van der Waals surface area contributed by atoms with E-state index in [-0.39, 0.29) is 0 Å². The summed E-state index contributed by atoms with van der Waals surface area (Å²) in [7, 11) is 0. The van der Waals surface area contributed by atoms with Crippen molar-refractivity contribution in [2.45, 2.75) is 41.5 Å². The number of aromatic nitrogens is 4. The predicted octanol–water partition coefficient (Wildman–Crippen LogP) is 5.01. The Kier molecular flexibility index (Phi) is 8.11. The molecule has 2 heterocycles. The molecular weight excluding hydrogens is 304 g/mol. The van der Waals surface area contributed by atoms with Crippen molar-refractivity contribution in [1.82, 2.24) is 20.4 Å². The van der Waals surface area contributed by atoms with Gasteiger partial charge in [-0.25, -0.2) is 0 Å². The summed E-state index contributed by atoms with van der Waals surface area (Å²) in [6.07, 6.45) is 4.00. The molecule has 0 unspecified atom stereocenters. The van der Waals surface area contributed by atoms with Gasteiger partial charge in [0.05, 0.1) is 0 Å². The first kappa shape index (κ1) is 19.3. The minimum absolute atomic E-state index is 0.477. The van der Waals surface area contributed by atoms with E-state index in [1.807, 2.05) is 64.1 Å². The Morgan fingerprint density at radius 2 is 1.17 bits per heavy atom. The molecule has 0 aliphatic rings. The highest BCUT2D eigenvalue weighted by atomic mass is 16.4. The molecule has 0 fully saturated rings. The highest BCUT2D eigenvalue weighted by Gasteiger charge is 2.10. The van der Waals surface area contributed by atoms with Crippen LogP contribution >= 0.6 is 0 Å². The zero-order valence-electron chi connectivity index (χ0n) is 15.1. The third-order valence-electron chi connectivity index (χ3n) is 2.74. The Morgan fingerprint density at radius 1 is 0.750 bits per heavy atom. The normalized spacial score (nSPS) is 9.92. The van der Waals surface area contributed by atoms with Crippen LogP contribution in [0, 0.1) is 13.8 Å². The molecule has 24 heavy (non-hydrogen) atoms. The van der Waals surface area contributed by atoms with Crippen molar-refractivity contribution < 1.29 is 8.83 Å². The molecule has 1 aromatic carbocycles. The molecule has 0 saturated heterocycles. The van der Waals surface area contributed by atoms with Crippen molar-refractivity contribution in [2.24, 2.45) is 0 Å². The molecule has 0 bridgehead atoms. The Hall–Kier alpha value is -2.76. The van der Waals surface area contributed by atoms with Crippen LogP contribution in [-0.4, -0.2) is 20.4 Å². The number of nitrogens with zero attached hydrogens (tertiary/aromatic N) is 4. The van der Waals surface area contributed by atoms with Gasteiger partial charge in [-0.05, 0) is 32.0 Å². The third-order valence-corrected chi connectivity index (χ3v) is 2.74. The van der Waals surface area contributed by atoms with Crippen molar-refractivity contribution in [2.75, 3.05) is 0 Å². The smallest absolute Gasteiger partial charge is 0.247 e. The van der Waals surface area contributed by atoms with E-state index in [4.69, 9.17) is 8.83 Å². The van der Waals surface area contributed by atoms with Crippen LogP contribution in [0.25, 0.3) is 22.9 Å². The Balaban J connectivity index is 0.000000423. The Morgan fingerprint density at radius 3 is 1.46 bits per heavy atom. The van der Waals surface area contributed by atoms with E-state index in [0.717, 1.165) is 11.1 Å². The maximum absolute atomic E-state index is 5.38. The lowest BCUT2D eigenvalue weighted by Crippen LogP contribution is -1.82. The molecule has 6 nitrogen and oxygen atoms in total. The summed E-state index contributed by atoms with van der Waals surface area (Å²) in [5.74, 6) is 2.02. The van der Waals surface area contributed by atoms with Crippen molar-refractivity contribution >= 4 is 0 Å². The summed E-state index contributed by atoms with van der Waals surface area (Å²) in [6, 6.07) is 7.53. The van der Waals surface area contributed by atoms with Crippen molar-refractivity contribution in [1.29, 1.82) is 0 Å². The van der Waals surface area contributed by atoms with E-state index >= 15 is 0 Å². The molecule has 0 aliphatic heterocycles. The average molecular weight is 328 g/mol. The van der Waals surface area contributed by atoms with E-state index in [1.165, 1.54) is 0 Å². The molecule has 0 atom stereocenters. The summed E-state index contributed by atoms with van der Waals surface area (Å²) in [5, 5.41) is 15.5. The van der Waals surface area contributed by atoms with Crippen LogP contribution in [0.2, 0.25) is 0 Å². The van der Waals surface area contributed by atoms with Gasteiger partial charge in [0.25, 0.3) is 0 Å². The molecule has 0 radical (unpaired) electrons. The van der Waals surface area contributed by atoms with Crippen LogP contribution in [0.4, 0.5) is 0 Å². The first-order chi connectivity index (χ1) is 11.6. The fraction of sp³-hybridized carbons (Fsp3) is 0.333. The van der Waals surface area contributed by atoms with Gasteiger partial charge in [-0.2, -0.15) is 0 Å². The molecule has 0 N–H and O–H groups in total. The molecule has 3 aromatic rings. The van der Waals surface area contributed by atoms with Gasteiger partial charge < -0.3 is 8.83 Å². The van der Waals surface area contributed by atoms with Crippen LogP contribution < -0.4 is 0 Å². The fourth-order valence-corrected chi connectivity index (χ4v) is 1.61. The maximum atomic E-state index is 5.38. The highest BCUT2D eigenvalue weighted by Crippen LogP contribution is 2.24. The van der Waals surface area contributed by atoms with Crippen molar-refractivity contribution in [3.8, 4) is 22.9 Å². The average Bonchev–Trinajstić information content (AvgIpc) is 3.25. The zero-order valence-corrected chi connectivity index (χ0v) is 15.1. The van der Waals surface area contributed by atoms with E-state index in [9.17, 15) is 0 Å². The molecule has 6 heteroatoms. The topological polar surface area (TPSA) is 77.8 Å². The second kappa shape index (κ2) is 10.1. The number of aryl methyl sites for hydroxylation is 2. The number of allylic oxidation sites excluding steroid dienone is 2. The highest BCUT2D eigenvalue weighted by molar-refractivity contribution is 5.63. The molecule has 3 rings (SSSR count). The molecule has 2 aromatic heterocycles. The Bertz CT molecular complexity index is 700. The largest absolute Gasteiger partial charge is 0.421 e. The lowest BCUT2D eigenvalue weighted by molar-refractivity contribution is 0.531. The van der Waals surface area contributed by atoms with Gasteiger partial charge in [0.1, 0.15) is 0 Å². The summed E-state index contributed by atoms with van der Waals surface area (Å²) in [6.45, 7) is 11.5. The van der Waals surface area contributed by atoms with Gasteiger partial charge in [0.15, 0.2) is 0 Å². The van der Waals surface area contributed by atoms with E-state index in [2.05, 4.69) is 20.4 Å². The second-order valence-electron chi connectivity index (χ2n) is 4.50. The molecule has 0 spiro atoms. The van der Waals surface area contributed by atoms with Crippen molar-refractivity contribution in [3.63, 3.8) is 0 Å². The Labute approximate surface area is 142 Å². The number of benzene rings is 1. The summed E-state index contributed by atoms with van der Waals surface area (Å²) < 4.78 is 10.8. The number of rotatable bonds is 2. The minimum Gasteiger partial charge on any atom is -0.421 e. The monoisotopic (exact) mass is 328 g/mol. The number of hydrogen-bond donors (Lipinski definition) is 0. The van der Waals surface area contributed by atoms with Gasteiger partial charge in [-0.1, -0.05) is 32.1 Å². The van der Waals surface area contributed by atoms with E-state index in [1.54, 1.807) is 13.8 Å². The molecule has 0 saturated carbocycles. The van der Waals surface area contributed by atoms with Gasteiger partial charge in [-0.15, -0.1) is 20.4 Å². The third kappa shape index (κ3) is 5.46. The maximum Gasteiger partial charge on any atom is 0.247 e. The zero-order chi connectivity index (χ0) is 17.9. The second-order valence-corrected chi connectivity index (χ2v) is 4.50. The quantitative estimate of drug-likeness (QED) is 0.615. The lowest BCUT2D eigenvalue weighted by Gasteiger charge is -1.97. The standard InChI is InChI=1S/C12H10N4O2.C4H8.C2H6/c1-7-13-15-11(17-7)9-4-3-5-10(6-9)12-16-14-8(2)18-12;1-3-4-2;1-2/h3-6H,1-2H3;3-4H,1-2H3;1-2H3/b;4-3-;. The summed E-state index contributed by atoms with van der Waals surface area (Å²) in [4.78, 5) is 0. The minimum atomic E-state index is 0.477. The van der Waals surface area contributed by atoms with Gasteiger partial charge in [0.2, 0.25) is 23.6 Å². The van der Waals surface area contributed by atoms with Crippen LogP contribution in [0.15, 0.2) is 45.3 Å².